The first-order chi connectivity index (χ1) is 12.2. The highest BCUT2D eigenvalue weighted by Gasteiger charge is 2.52. The van der Waals surface area contributed by atoms with Gasteiger partial charge in [-0.1, -0.05) is 0 Å². The molecule has 0 saturated carbocycles. The average Bonchev–Trinajstić information content (AvgIpc) is 2.92. The second-order valence-corrected chi connectivity index (χ2v) is 9.18. The number of fused-ring (bicyclic) bond motifs is 2. The molecule has 140 valence electrons. The molecule has 4 rings (SSSR count). The van der Waals surface area contributed by atoms with Gasteiger partial charge in [0.05, 0.1) is 11.2 Å². The van der Waals surface area contributed by atoms with E-state index < -0.39 is 18.3 Å². The summed E-state index contributed by atoms with van der Waals surface area (Å²) in [5, 5.41) is 0. The molecule has 2 bridgehead atoms. The molecule has 26 heavy (non-hydrogen) atoms. The Labute approximate surface area is 156 Å². The van der Waals surface area contributed by atoms with Gasteiger partial charge in [0.25, 0.3) is 0 Å². The Kier molecular flexibility index (Phi) is 4.29. The average molecular weight is 356 g/mol. The minimum atomic E-state index is -0.478. The van der Waals surface area contributed by atoms with E-state index >= 15 is 0 Å². The first-order valence-corrected chi connectivity index (χ1v) is 9.75. The topological polar surface area (TPSA) is 51.7 Å². The summed E-state index contributed by atoms with van der Waals surface area (Å²) >= 11 is 0. The van der Waals surface area contributed by atoms with Gasteiger partial charge in [0.15, 0.2) is 5.78 Å². The minimum absolute atomic E-state index is 0.110. The fourth-order valence-corrected chi connectivity index (χ4v) is 4.56. The molecule has 0 N–H and O–H groups in total. The van der Waals surface area contributed by atoms with Crippen LogP contribution in [0.15, 0.2) is 18.5 Å². The fourth-order valence-electron chi connectivity index (χ4n) is 4.56. The van der Waals surface area contributed by atoms with E-state index in [9.17, 15) is 4.79 Å². The first kappa shape index (κ1) is 18.1. The molecule has 2 unspecified atom stereocenters. The van der Waals surface area contributed by atoms with Crippen molar-refractivity contribution in [1.29, 1.82) is 0 Å². The van der Waals surface area contributed by atoms with Crippen LogP contribution in [0.2, 0.25) is 0 Å². The van der Waals surface area contributed by atoms with Gasteiger partial charge in [0.1, 0.15) is 0 Å². The molecule has 0 amide bonds. The van der Waals surface area contributed by atoms with Crippen molar-refractivity contribution in [3.63, 3.8) is 0 Å². The monoisotopic (exact) mass is 356 g/mol. The molecule has 0 aliphatic carbocycles. The van der Waals surface area contributed by atoms with Crippen LogP contribution in [0.4, 0.5) is 0 Å². The largest absolute Gasteiger partial charge is 0.496 e. The van der Waals surface area contributed by atoms with Gasteiger partial charge in [-0.15, -0.1) is 0 Å². The van der Waals surface area contributed by atoms with Crippen LogP contribution in [0.3, 0.4) is 0 Å². The van der Waals surface area contributed by atoms with Gasteiger partial charge in [-0.05, 0) is 66.5 Å². The van der Waals surface area contributed by atoms with E-state index in [0.717, 1.165) is 18.3 Å². The number of piperidine rings is 1. The van der Waals surface area contributed by atoms with Crippen LogP contribution >= 0.6 is 0 Å². The molecule has 3 aliphatic rings. The molecular formula is C20H29BN2O3. The molecule has 0 spiro atoms. The summed E-state index contributed by atoms with van der Waals surface area (Å²) in [5.41, 5.74) is 0.715. The predicted molar refractivity (Wildman–Crippen MR) is 102 cm³/mol. The quantitative estimate of drug-likeness (QED) is 0.615. The van der Waals surface area contributed by atoms with Crippen molar-refractivity contribution in [2.24, 2.45) is 5.92 Å². The third kappa shape index (κ3) is 2.92. The zero-order valence-electron chi connectivity index (χ0n) is 16.5. The number of hydrogen-bond acceptors (Lipinski definition) is 5. The number of aromatic nitrogens is 1. The highest BCUT2D eigenvalue weighted by molar-refractivity contribution is 6.62. The normalized spacial score (nSPS) is 32.8. The molecule has 2 atom stereocenters. The number of rotatable bonds is 3. The van der Waals surface area contributed by atoms with Crippen LogP contribution < -0.4 is 5.46 Å². The maximum atomic E-state index is 13.1. The van der Waals surface area contributed by atoms with Crippen molar-refractivity contribution in [3.05, 3.63) is 24.0 Å². The van der Waals surface area contributed by atoms with Crippen molar-refractivity contribution < 1.29 is 14.1 Å². The summed E-state index contributed by atoms with van der Waals surface area (Å²) in [4.78, 5) is 19.9. The van der Waals surface area contributed by atoms with Crippen LogP contribution in [-0.2, 0) is 9.31 Å². The highest BCUT2D eigenvalue weighted by Crippen LogP contribution is 2.39. The maximum absolute atomic E-state index is 13.1. The summed E-state index contributed by atoms with van der Waals surface area (Å²) in [6.07, 6.45) is 7.81. The number of carbonyl (C=O) groups excluding carboxylic acids is 1. The van der Waals surface area contributed by atoms with E-state index in [1.54, 1.807) is 12.4 Å². The van der Waals surface area contributed by atoms with Crippen LogP contribution in [0, 0.1) is 5.92 Å². The molecule has 0 aromatic carbocycles. The lowest BCUT2D eigenvalue weighted by Crippen LogP contribution is -2.42. The molecule has 6 heteroatoms. The first-order valence-electron chi connectivity index (χ1n) is 9.75. The Morgan fingerprint density at radius 2 is 1.69 bits per heavy atom. The van der Waals surface area contributed by atoms with Gasteiger partial charge in [-0.2, -0.15) is 0 Å². The van der Waals surface area contributed by atoms with E-state index in [2.05, 4.69) is 16.9 Å². The van der Waals surface area contributed by atoms with Crippen LogP contribution in [0.25, 0.3) is 0 Å². The third-order valence-corrected chi connectivity index (χ3v) is 7.04. The zero-order chi connectivity index (χ0) is 18.7. The smallest absolute Gasteiger partial charge is 0.399 e. The van der Waals surface area contributed by atoms with Gasteiger partial charge < -0.3 is 14.2 Å². The predicted octanol–water partition coefficient (Wildman–Crippen LogP) is 2.44. The van der Waals surface area contributed by atoms with Crippen molar-refractivity contribution in [3.8, 4) is 0 Å². The second-order valence-electron chi connectivity index (χ2n) is 9.18. The minimum Gasteiger partial charge on any atom is -0.399 e. The molecule has 5 nitrogen and oxygen atoms in total. The lowest BCUT2D eigenvalue weighted by molar-refractivity contribution is 0.00578. The van der Waals surface area contributed by atoms with E-state index in [0.29, 0.717) is 17.6 Å². The summed E-state index contributed by atoms with van der Waals surface area (Å²) in [5.74, 6) is 0.333. The number of carbonyl (C=O) groups is 1. The number of nitrogens with zero attached hydrogens (tertiary/aromatic N) is 2. The molecule has 3 aliphatic heterocycles. The van der Waals surface area contributed by atoms with Gasteiger partial charge in [0, 0.05) is 41.4 Å². The number of hydrogen-bond donors (Lipinski definition) is 0. The standard InChI is InChI=1S/C20H29BN2O3/c1-19(2)20(3,4)26-21(25-19)15-8-14(11-22-12-15)18(24)13-9-16-6-7-17(10-13)23(16)5/h8,11-13,16-17H,6-7,9-10H2,1-5H3. The Hall–Kier alpha value is -1.24. The lowest BCUT2D eigenvalue weighted by Gasteiger charge is -2.35. The van der Waals surface area contributed by atoms with Crippen molar-refractivity contribution >= 4 is 18.4 Å². The number of Topliss-reactive ketones (excluding diaryl/α,β-unsaturated/α-hetero) is 1. The molecular weight excluding hydrogens is 327 g/mol. The van der Waals surface area contributed by atoms with Gasteiger partial charge in [-0.25, -0.2) is 0 Å². The molecule has 1 aromatic rings. The summed E-state index contributed by atoms with van der Waals surface area (Å²) < 4.78 is 12.2. The Bertz CT molecular complexity index is 691. The summed E-state index contributed by atoms with van der Waals surface area (Å²) in [6, 6.07) is 3.03. The van der Waals surface area contributed by atoms with E-state index in [4.69, 9.17) is 9.31 Å². The van der Waals surface area contributed by atoms with Gasteiger partial charge in [0.2, 0.25) is 0 Å². The van der Waals surface area contributed by atoms with E-state index in [1.165, 1.54) is 12.8 Å². The second kappa shape index (κ2) is 6.15. The van der Waals surface area contributed by atoms with E-state index in [1.807, 2.05) is 33.8 Å². The van der Waals surface area contributed by atoms with Crippen molar-refractivity contribution in [1.82, 2.24) is 9.88 Å². The Morgan fingerprint density at radius 3 is 2.27 bits per heavy atom. The fraction of sp³-hybridized carbons (Fsp3) is 0.700. The van der Waals surface area contributed by atoms with Gasteiger partial charge in [-0.3, -0.25) is 9.78 Å². The zero-order valence-corrected chi connectivity index (χ0v) is 16.5. The summed E-state index contributed by atoms with van der Waals surface area (Å²) in [7, 11) is 1.72. The lowest BCUT2D eigenvalue weighted by atomic mass is 9.78. The van der Waals surface area contributed by atoms with Crippen molar-refractivity contribution in [2.45, 2.75) is 76.7 Å². The molecule has 3 saturated heterocycles. The van der Waals surface area contributed by atoms with Crippen LogP contribution in [-0.4, -0.2) is 53.1 Å². The van der Waals surface area contributed by atoms with Crippen molar-refractivity contribution in [2.75, 3.05) is 7.05 Å². The molecule has 0 radical (unpaired) electrons. The Balaban J connectivity index is 1.53. The summed E-state index contributed by atoms with van der Waals surface area (Å²) in [6.45, 7) is 8.13. The highest BCUT2D eigenvalue weighted by atomic mass is 16.7. The number of pyridine rings is 1. The van der Waals surface area contributed by atoms with E-state index in [-0.39, 0.29) is 11.7 Å². The van der Waals surface area contributed by atoms with Crippen LogP contribution in [0.5, 0.6) is 0 Å². The molecule has 4 heterocycles. The van der Waals surface area contributed by atoms with Gasteiger partial charge >= 0.3 is 7.12 Å². The number of ketones is 1. The Morgan fingerprint density at radius 1 is 1.12 bits per heavy atom. The van der Waals surface area contributed by atoms with Crippen LogP contribution in [0.1, 0.15) is 63.7 Å². The SMILES string of the molecule is CN1C2CCC1CC(C(=O)c1cncc(B3OC(C)(C)C(C)(C)O3)c1)C2. The maximum Gasteiger partial charge on any atom is 0.496 e. The third-order valence-electron chi connectivity index (χ3n) is 7.04. The molecule has 3 fully saturated rings. The molecule has 1 aromatic heterocycles.